The largest absolute Gasteiger partial charge is 0.0876 e. The van der Waals surface area contributed by atoms with E-state index in [1.807, 2.05) is 0 Å². The van der Waals surface area contributed by atoms with E-state index in [9.17, 15) is 0 Å². The Morgan fingerprint density at radius 3 is 2.21 bits per heavy atom. The van der Waals surface area contributed by atoms with Gasteiger partial charge in [-0.25, -0.2) is 0 Å². The van der Waals surface area contributed by atoms with Crippen LogP contribution < -0.4 is 0 Å². The van der Waals surface area contributed by atoms with Crippen molar-refractivity contribution in [1.29, 1.82) is 0 Å². The molecule has 1 fully saturated rings. The van der Waals surface area contributed by atoms with Crippen molar-refractivity contribution in [2.45, 2.75) is 43.4 Å². The van der Waals surface area contributed by atoms with Gasteiger partial charge in [0.05, 0.1) is 0 Å². The van der Waals surface area contributed by atoms with Crippen LogP contribution in [0, 0.1) is 0 Å². The molecule has 0 unspecified atom stereocenters. The Kier molecular flexibility index (Phi) is 3.63. The molecule has 1 aliphatic rings. The Bertz CT molecular complexity index is 270. The number of hydrogen-bond acceptors (Lipinski definition) is 0. The monoisotopic (exact) mass is 252 g/mol. The lowest BCUT2D eigenvalue weighted by molar-refractivity contribution is 0.443. The molecule has 0 amide bonds. The predicted molar refractivity (Wildman–Crippen MR) is 64.9 cm³/mol. The molecule has 0 nitrogen and oxygen atoms in total. The van der Waals surface area contributed by atoms with E-state index in [4.69, 9.17) is 0 Å². The lowest BCUT2D eigenvalue weighted by Gasteiger charge is -2.21. The summed E-state index contributed by atoms with van der Waals surface area (Å²) in [6, 6.07) is 9.12. The van der Waals surface area contributed by atoms with Crippen molar-refractivity contribution in [3.63, 3.8) is 0 Å². The molecule has 0 aromatic heterocycles. The molecule has 0 atom stereocenters. The van der Waals surface area contributed by atoms with E-state index in [2.05, 4.69) is 40.2 Å². The first-order valence-corrected chi connectivity index (χ1v) is 6.67. The summed E-state index contributed by atoms with van der Waals surface area (Å²) in [6.07, 6.45) is 7.08. The third kappa shape index (κ3) is 2.38. The highest BCUT2D eigenvalue weighted by Gasteiger charge is 2.14. The zero-order valence-electron chi connectivity index (χ0n) is 8.51. The molecular formula is C13H17Br. The van der Waals surface area contributed by atoms with Crippen molar-refractivity contribution in [3.8, 4) is 0 Å². The van der Waals surface area contributed by atoms with Gasteiger partial charge in [-0.3, -0.25) is 0 Å². The van der Waals surface area contributed by atoms with Gasteiger partial charge >= 0.3 is 0 Å². The van der Waals surface area contributed by atoms with Crippen LogP contribution in [0.1, 0.15) is 49.1 Å². The molecule has 0 N–H and O–H groups in total. The van der Waals surface area contributed by atoms with Crippen LogP contribution in [0.2, 0.25) is 0 Å². The fraction of sp³-hybridized carbons (Fsp3) is 0.538. The molecule has 1 aliphatic carbocycles. The van der Waals surface area contributed by atoms with Crippen molar-refractivity contribution in [2.75, 3.05) is 0 Å². The van der Waals surface area contributed by atoms with Gasteiger partial charge in [0.2, 0.25) is 0 Å². The Balaban J connectivity index is 2.07. The van der Waals surface area contributed by atoms with Crippen LogP contribution in [0.25, 0.3) is 0 Å². The quantitative estimate of drug-likeness (QED) is 0.674. The molecule has 0 heterocycles. The van der Waals surface area contributed by atoms with E-state index in [0.29, 0.717) is 0 Å². The van der Waals surface area contributed by atoms with Gasteiger partial charge < -0.3 is 0 Å². The van der Waals surface area contributed by atoms with Gasteiger partial charge in [-0.15, -0.1) is 0 Å². The number of benzene rings is 1. The summed E-state index contributed by atoms with van der Waals surface area (Å²) in [5.41, 5.74) is 2.93. The Labute approximate surface area is 94.8 Å². The van der Waals surface area contributed by atoms with Gasteiger partial charge in [-0.2, -0.15) is 0 Å². The van der Waals surface area contributed by atoms with Crippen LogP contribution in [-0.4, -0.2) is 0 Å². The lowest BCUT2D eigenvalue weighted by atomic mass is 9.84. The van der Waals surface area contributed by atoms with E-state index >= 15 is 0 Å². The first-order chi connectivity index (χ1) is 6.90. The van der Waals surface area contributed by atoms with Gasteiger partial charge in [0.25, 0.3) is 0 Å². The summed E-state index contributed by atoms with van der Waals surface area (Å²) in [7, 11) is 0. The molecule has 1 aromatic rings. The maximum Gasteiger partial charge on any atom is 0.0283 e. The van der Waals surface area contributed by atoms with E-state index in [1.165, 1.54) is 37.7 Å². The van der Waals surface area contributed by atoms with Crippen molar-refractivity contribution in [1.82, 2.24) is 0 Å². The minimum atomic E-state index is 0.841. The fourth-order valence-electron chi connectivity index (χ4n) is 2.31. The van der Waals surface area contributed by atoms with Crippen LogP contribution in [0.4, 0.5) is 0 Å². The summed E-state index contributed by atoms with van der Waals surface area (Å²) in [5, 5.41) is 0.970. The maximum atomic E-state index is 3.48. The molecule has 1 saturated carbocycles. The Hall–Kier alpha value is -0.300. The number of alkyl halides is 1. The van der Waals surface area contributed by atoms with Gasteiger partial charge in [-0.05, 0) is 29.9 Å². The minimum absolute atomic E-state index is 0.841. The van der Waals surface area contributed by atoms with E-state index < -0.39 is 0 Å². The Morgan fingerprint density at radius 2 is 1.64 bits per heavy atom. The van der Waals surface area contributed by atoms with Crippen LogP contribution >= 0.6 is 15.9 Å². The normalized spacial score (nSPS) is 18.4. The van der Waals surface area contributed by atoms with Crippen molar-refractivity contribution < 1.29 is 0 Å². The summed E-state index contributed by atoms with van der Waals surface area (Å²) in [5.74, 6) is 0.841. The number of halogens is 1. The zero-order valence-corrected chi connectivity index (χ0v) is 10.1. The molecular weight excluding hydrogens is 236 g/mol. The third-order valence-corrected chi connectivity index (χ3v) is 3.86. The molecule has 76 valence electrons. The highest BCUT2D eigenvalue weighted by molar-refractivity contribution is 9.08. The third-order valence-electron chi connectivity index (χ3n) is 3.21. The van der Waals surface area contributed by atoms with Crippen molar-refractivity contribution in [2.24, 2.45) is 0 Å². The van der Waals surface area contributed by atoms with E-state index in [1.54, 1.807) is 5.56 Å². The lowest BCUT2D eigenvalue weighted by Crippen LogP contribution is -2.04. The van der Waals surface area contributed by atoms with Crippen molar-refractivity contribution in [3.05, 3.63) is 35.4 Å². The van der Waals surface area contributed by atoms with Crippen LogP contribution in [0.5, 0.6) is 0 Å². The first kappa shape index (κ1) is 10.2. The van der Waals surface area contributed by atoms with Crippen LogP contribution in [0.15, 0.2) is 24.3 Å². The van der Waals surface area contributed by atoms with Gasteiger partial charge in [0.15, 0.2) is 0 Å². The second-order valence-corrected chi connectivity index (χ2v) is 4.77. The second-order valence-electron chi connectivity index (χ2n) is 4.21. The Morgan fingerprint density at radius 1 is 1.00 bits per heavy atom. The molecule has 0 saturated heterocycles. The molecule has 0 bridgehead atoms. The molecule has 0 radical (unpaired) electrons. The van der Waals surface area contributed by atoms with E-state index in [-0.39, 0.29) is 0 Å². The highest BCUT2D eigenvalue weighted by Crippen LogP contribution is 2.32. The first-order valence-electron chi connectivity index (χ1n) is 5.55. The van der Waals surface area contributed by atoms with Gasteiger partial charge in [0, 0.05) is 5.33 Å². The summed E-state index contributed by atoms with van der Waals surface area (Å²) in [4.78, 5) is 0. The standard InChI is InChI=1S/C13H17Br/c14-10-11-6-8-13(9-7-11)12-4-2-1-3-5-12/h6-9,12H,1-5,10H2. The summed E-state index contributed by atoms with van der Waals surface area (Å²) < 4.78 is 0. The smallest absolute Gasteiger partial charge is 0.0283 e. The minimum Gasteiger partial charge on any atom is -0.0876 e. The maximum absolute atomic E-state index is 3.48. The van der Waals surface area contributed by atoms with Crippen LogP contribution in [0.3, 0.4) is 0 Å². The predicted octanol–water partition coefficient (Wildman–Crippen LogP) is 4.63. The zero-order chi connectivity index (χ0) is 9.80. The molecule has 2 rings (SSSR count). The average molecular weight is 253 g/mol. The SMILES string of the molecule is BrCc1ccc(C2CCCCC2)cc1. The topological polar surface area (TPSA) is 0 Å². The molecule has 0 aliphatic heterocycles. The fourth-order valence-corrected chi connectivity index (χ4v) is 2.69. The molecule has 1 aromatic carbocycles. The van der Waals surface area contributed by atoms with Crippen LogP contribution in [-0.2, 0) is 5.33 Å². The molecule has 1 heteroatoms. The molecule has 14 heavy (non-hydrogen) atoms. The summed E-state index contributed by atoms with van der Waals surface area (Å²) in [6.45, 7) is 0. The molecule has 0 spiro atoms. The number of hydrogen-bond donors (Lipinski definition) is 0. The summed E-state index contributed by atoms with van der Waals surface area (Å²) >= 11 is 3.48. The number of rotatable bonds is 2. The highest BCUT2D eigenvalue weighted by atomic mass is 79.9. The van der Waals surface area contributed by atoms with Gasteiger partial charge in [0.1, 0.15) is 0 Å². The second kappa shape index (κ2) is 4.97. The van der Waals surface area contributed by atoms with Crippen molar-refractivity contribution >= 4 is 15.9 Å². The average Bonchev–Trinajstić information content (AvgIpc) is 2.30. The van der Waals surface area contributed by atoms with E-state index in [0.717, 1.165) is 11.2 Å². The van der Waals surface area contributed by atoms with Gasteiger partial charge in [-0.1, -0.05) is 59.5 Å².